The van der Waals surface area contributed by atoms with Gasteiger partial charge >= 0.3 is 0 Å². The number of nitrogen functional groups attached to an aromatic ring is 1. The fourth-order valence-electron chi connectivity index (χ4n) is 4.24. The quantitative estimate of drug-likeness (QED) is 0.578. The van der Waals surface area contributed by atoms with Crippen LogP contribution in [0.25, 0.3) is 0 Å². The first-order valence-corrected chi connectivity index (χ1v) is 10.5. The predicted octanol–water partition coefficient (Wildman–Crippen LogP) is 3.85. The van der Waals surface area contributed by atoms with Crippen LogP contribution in [0.1, 0.15) is 62.7 Å². The van der Waals surface area contributed by atoms with Gasteiger partial charge in [0, 0.05) is 31.0 Å². The molecule has 2 fully saturated rings. The van der Waals surface area contributed by atoms with Crippen LogP contribution in [0.3, 0.4) is 0 Å². The van der Waals surface area contributed by atoms with Crippen molar-refractivity contribution in [3.8, 4) is 17.6 Å². The zero-order valence-corrected chi connectivity index (χ0v) is 17.7. The molecule has 152 valence electrons. The summed E-state index contributed by atoms with van der Waals surface area (Å²) in [6.45, 7) is 3.92. The molecule has 1 aromatic carbocycles. The molecule has 1 aromatic rings. The number of hydrogen-bond acceptors (Lipinski definition) is 4. The Balaban J connectivity index is 1.73. The maximum absolute atomic E-state index is 13.0. The molecule has 0 radical (unpaired) electrons. The Bertz CT molecular complexity index is 772. The summed E-state index contributed by atoms with van der Waals surface area (Å²) in [5.74, 6) is 6.29. The summed E-state index contributed by atoms with van der Waals surface area (Å²) in [5, 5.41) is 3.48. The highest BCUT2D eigenvalue weighted by molar-refractivity contribution is 6.35. The summed E-state index contributed by atoms with van der Waals surface area (Å²) in [6.07, 6.45) is 5.58. The van der Waals surface area contributed by atoms with E-state index in [0.29, 0.717) is 35.5 Å². The van der Waals surface area contributed by atoms with Gasteiger partial charge in [0.1, 0.15) is 11.1 Å². The molecule has 0 aliphatic carbocycles. The highest BCUT2D eigenvalue weighted by Gasteiger charge is 2.39. The van der Waals surface area contributed by atoms with Gasteiger partial charge in [-0.05, 0) is 51.8 Å². The molecule has 2 unspecified atom stereocenters. The fourth-order valence-corrected chi connectivity index (χ4v) is 4.45. The van der Waals surface area contributed by atoms with E-state index in [1.807, 2.05) is 13.8 Å². The number of anilines is 1. The Morgan fingerprint density at radius 3 is 2.68 bits per heavy atom. The molecule has 0 aromatic heterocycles. The number of nitrogens with two attached hydrogens (primary N) is 1. The number of fused-ring (bicyclic) bond motifs is 2. The van der Waals surface area contributed by atoms with Crippen molar-refractivity contribution in [2.24, 2.45) is 0 Å². The topological polar surface area (TPSA) is 67.6 Å². The summed E-state index contributed by atoms with van der Waals surface area (Å²) in [6, 6.07) is 4.65. The second kappa shape index (κ2) is 9.07. The van der Waals surface area contributed by atoms with Crippen LogP contribution < -0.4 is 15.8 Å². The largest absolute Gasteiger partial charge is 0.487 e. The van der Waals surface area contributed by atoms with E-state index < -0.39 is 0 Å². The van der Waals surface area contributed by atoms with E-state index >= 15 is 0 Å². The summed E-state index contributed by atoms with van der Waals surface area (Å²) >= 11 is 6.39. The van der Waals surface area contributed by atoms with Crippen molar-refractivity contribution in [2.45, 2.75) is 76.6 Å². The number of rotatable bonds is 5. The third-order valence-corrected chi connectivity index (χ3v) is 6.21. The first kappa shape index (κ1) is 20.8. The lowest BCUT2D eigenvalue weighted by molar-refractivity contribution is 0.0876. The predicted molar refractivity (Wildman–Crippen MR) is 114 cm³/mol. The van der Waals surface area contributed by atoms with Crippen molar-refractivity contribution < 1.29 is 9.53 Å². The van der Waals surface area contributed by atoms with Crippen molar-refractivity contribution in [1.29, 1.82) is 0 Å². The van der Waals surface area contributed by atoms with E-state index in [1.54, 1.807) is 12.1 Å². The van der Waals surface area contributed by atoms with Crippen molar-refractivity contribution in [3.05, 3.63) is 22.7 Å². The summed E-state index contributed by atoms with van der Waals surface area (Å²) in [4.78, 5) is 15.5. The second-order valence-corrected chi connectivity index (χ2v) is 8.26. The molecule has 3 atom stereocenters. The lowest BCUT2D eigenvalue weighted by Crippen LogP contribution is -2.48. The lowest BCUT2D eigenvalue weighted by Gasteiger charge is -2.36. The average Bonchev–Trinajstić information content (AvgIpc) is 2.87. The molecular weight excluding hydrogens is 374 g/mol. The number of carbonyl (C=O) groups is 1. The highest BCUT2D eigenvalue weighted by atomic mass is 35.5. The molecule has 6 heteroatoms. The molecule has 3 rings (SSSR count). The zero-order chi connectivity index (χ0) is 20.3. The molecule has 28 heavy (non-hydrogen) atoms. The van der Waals surface area contributed by atoms with Gasteiger partial charge in [-0.25, -0.2) is 0 Å². The van der Waals surface area contributed by atoms with Gasteiger partial charge < -0.3 is 20.7 Å². The fraction of sp³-hybridized carbons (Fsp3) is 0.591. The Kier molecular flexibility index (Phi) is 6.74. The standard InChI is InChI=1S/C22H30ClN3O2/c1-4-5-6-7-14(2)28-21-18(10-11-19(24)20(21)23)22(27)25-15-12-16-8-9-17(13-15)26(16)3/h10-11,14-17H,4,7-9,12-13,24H2,1-3H3,(H,25,27)/t14-,15?,16?,17?/m0/s1. The van der Waals surface area contributed by atoms with Crippen molar-refractivity contribution in [2.75, 3.05) is 12.8 Å². The van der Waals surface area contributed by atoms with Gasteiger partial charge in [0.25, 0.3) is 5.91 Å². The SMILES string of the molecule is CCC#CC[C@H](C)Oc1c(C(=O)NC2CC3CCC(C2)N3C)ccc(N)c1Cl. The Labute approximate surface area is 172 Å². The lowest BCUT2D eigenvalue weighted by atomic mass is 9.97. The summed E-state index contributed by atoms with van der Waals surface area (Å²) in [5.41, 5.74) is 6.79. The number of ether oxygens (including phenoxy) is 1. The molecule has 2 bridgehead atoms. The smallest absolute Gasteiger partial charge is 0.255 e. The summed E-state index contributed by atoms with van der Waals surface area (Å²) < 4.78 is 6.00. The molecule has 3 N–H and O–H groups in total. The zero-order valence-electron chi connectivity index (χ0n) is 16.9. The normalized spacial score (nSPS) is 24.9. The monoisotopic (exact) mass is 403 g/mol. The van der Waals surface area contributed by atoms with Crippen LogP contribution in [0, 0.1) is 11.8 Å². The van der Waals surface area contributed by atoms with Crippen molar-refractivity contribution in [3.63, 3.8) is 0 Å². The average molecular weight is 404 g/mol. The minimum Gasteiger partial charge on any atom is -0.487 e. The number of halogens is 1. The van der Waals surface area contributed by atoms with E-state index in [1.165, 1.54) is 12.8 Å². The van der Waals surface area contributed by atoms with Crippen LogP contribution in [0.2, 0.25) is 5.02 Å². The highest BCUT2D eigenvalue weighted by Crippen LogP contribution is 2.37. The van der Waals surface area contributed by atoms with E-state index in [0.717, 1.165) is 19.3 Å². The van der Waals surface area contributed by atoms with Crippen LogP contribution in [0.4, 0.5) is 5.69 Å². The van der Waals surface area contributed by atoms with Gasteiger partial charge in [0.2, 0.25) is 0 Å². The molecule has 0 saturated carbocycles. The van der Waals surface area contributed by atoms with Crippen LogP contribution in [-0.4, -0.2) is 42.1 Å². The number of nitrogens with zero attached hydrogens (tertiary/aromatic N) is 1. The van der Waals surface area contributed by atoms with Gasteiger partial charge in [-0.2, -0.15) is 0 Å². The van der Waals surface area contributed by atoms with Crippen LogP contribution in [-0.2, 0) is 0 Å². The minimum absolute atomic E-state index is 0.155. The number of piperidine rings is 1. The van der Waals surface area contributed by atoms with Crippen LogP contribution >= 0.6 is 11.6 Å². The van der Waals surface area contributed by atoms with E-state index in [9.17, 15) is 4.79 Å². The molecule has 2 saturated heterocycles. The van der Waals surface area contributed by atoms with Gasteiger partial charge in [-0.15, -0.1) is 5.92 Å². The Morgan fingerprint density at radius 2 is 2.04 bits per heavy atom. The van der Waals surface area contributed by atoms with Crippen LogP contribution in [0.5, 0.6) is 5.75 Å². The van der Waals surface area contributed by atoms with Crippen molar-refractivity contribution in [1.82, 2.24) is 10.2 Å². The van der Waals surface area contributed by atoms with Gasteiger partial charge in [0.05, 0.1) is 11.3 Å². The third kappa shape index (κ3) is 4.56. The molecule has 2 aliphatic heterocycles. The van der Waals surface area contributed by atoms with E-state index in [2.05, 4.69) is 29.1 Å². The number of carbonyl (C=O) groups excluding carboxylic acids is 1. The van der Waals surface area contributed by atoms with Gasteiger partial charge in [-0.1, -0.05) is 24.4 Å². The maximum atomic E-state index is 13.0. The van der Waals surface area contributed by atoms with E-state index in [-0.39, 0.29) is 23.1 Å². The summed E-state index contributed by atoms with van der Waals surface area (Å²) in [7, 11) is 2.19. The molecular formula is C22H30ClN3O2. The first-order valence-electron chi connectivity index (χ1n) is 10.1. The number of amides is 1. The molecule has 2 aliphatic rings. The second-order valence-electron chi connectivity index (χ2n) is 7.88. The minimum atomic E-state index is -0.191. The molecule has 5 nitrogen and oxygen atoms in total. The maximum Gasteiger partial charge on any atom is 0.255 e. The number of hydrogen-bond donors (Lipinski definition) is 2. The van der Waals surface area contributed by atoms with Crippen molar-refractivity contribution >= 4 is 23.2 Å². The Morgan fingerprint density at radius 1 is 1.36 bits per heavy atom. The van der Waals surface area contributed by atoms with Crippen LogP contribution in [0.15, 0.2) is 12.1 Å². The van der Waals surface area contributed by atoms with E-state index in [4.69, 9.17) is 22.1 Å². The number of benzene rings is 1. The number of nitrogens with one attached hydrogen (secondary N) is 1. The molecule has 2 heterocycles. The van der Waals surface area contributed by atoms with Gasteiger partial charge in [0.15, 0.2) is 5.75 Å². The first-order chi connectivity index (χ1) is 13.4. The third-order valence-electron chi connectivity index (χ3n) is 5.82. The van der Waals surface area contributed by atoms with Gasteiger partial charge in [-0.3, -0.25) is 4.79 Å². The molecule has 1 amide bonds. The Hall–Kier alpha value is -1.90. The molecule has 0 spiro atoms.